The number of benzene rings is 3. The lowest BCUT2D eigenvalue weighted by molar-refractivity contribution is -0.133. The van der Waals surface area contributed by atoms with Crippen LogP contribution in [0.3, 0.4) is 0 Å². The van der Waals surface area contributed by atoms with Crippen molar-refractivity contribution in [2.45, 2.75) is 12.8 Å². The lowest BCUT2D eigenvalue weighted by Gasteiger charge is -2.14. The molecule has 0 fully saturated rings. The van der Waals surface area contributed by atoms with E-state index in [-0.39, 0.29) is 24.6 Å². The molecule has 0 heterocycles. The molecule has 0 unspecified atom stereocenters. The van der Waals surface area contributed by atoms with E-state index < -0.39 is 16.1 Å². The van der Waals surface area contributed by atoms with Crippen LogP contribution in [0.1, 0.15) is 27.9 Å². The number of nitrogens with two attached hydrogens (primary N) is 1. The Morgan fingerprint density at radius 3 is 2.18 bits per heavy atom. The largest absolute Gasteiger partial charge is 0.384 e. The van der Waals surface area contributed by atoms with Crippen molar-refractivity contribution in [3.05, 3.63) is 89.5 Å². The second kappa shape index (κ2) is 10.1. The molecule has 3 aromatic carbocycles. The zero-order chi connectivity index (χ0) is 24.0. The maximum absolute atomic E-state index is 13.0. The molecule has 3 rings (SSSR count). The Balaban J connectivity index is 1.85. The number of amides is 1. The van der Waals surface area contributed by atoms with Crippen LogP contribution in [-0.4, -0.2) is 32.4 Å². The molecule has 0 aliphatic rings. The smallest absolute Gasteiger partial charge is 0.322 e. The predicted molar refractivity (Wildman–Crippen MR) is 127 cm³/mol. The van der Waals surface area contributed by atoms with Crippen molar-refractivity contribution >= 4 is 33.5 Å². The maximum Gasteiger partial charge on any atom is 0.322 e. The molecule has 33 heavy (non-hydrogen) atoms. The molecule has 0 aromatic heterocycles. The molecule has 0 spiro atoms. The molecule has 0 aliphatic heterocycles. The van der Waals surface area contributed by atoms with E-state index in [1.165, 1.54) is 0 Å². The molecule has 4 N–H and O–H groups in total. The Morgan fingerprint density at radius 1 is 0.939 bits per heavy atom. The number of hydrogen-bond acceptors (Lipinski definition) is 6. The van der Waals surface area contributed by atoms with Gasteiger partial charge in [-0.15, -0.1) is 0 Å². The fourth-order valence-corrected chi connectivity index (χ4v) is 3.72. The zero-order valence-corrected chi connectivity index (χ0v) is 18.7. The summed E-state index contributed by atoms with van der Waals surface area (Å²) in [5.41, 5.74) is 9.19. The molecule has 3 aromatic rings. The normalized spacial score (nSPS) is 10.9. The number of anilines is 1. The third kappa shape index (κ3) is 6.50. The van der Waals surface area contributed by atoms with Crippen LogP contribution in [0.5, 0.6) is 0 Å². The summed E-state index contributed by atoms with van der Waals surface area (Å²) in [5, 5.41) is 10.3. The first kappa shape index (κ1) is 23.7. The Bertz CT molecular complexity index is 1300. The van der Waals surface area contributed by atoms with Gasteiger partial charge in [-0.05, 0) is 53.4 Å². The summed E-state index contributed by atoms with van der Waals surface area (Å²) in [6, 6.07) is 21.0. The topological polar surface area (TPSA) is 139 Å². The average molecular weight is 466 g/mol. The van der Waals surface area contributed by atoms with Crippen LogP contribution in [0.4, 0.5) is 5.69 Å². The summed E-state index contributed by atoms with van der Waals surface area (Å²) < 4.78 is 26.7. The summed E-state index contributed by atoms with van der Waals surface area (Å²) in [6.45, 7) is 0. The first-order valence-electron chi connectivity index (χ1n) is 9.99. The summed E-state index contributed by atoms with van der Waals surface area (Å²) in [4.78, 5) is 24.9. The van der Waals surface area contributed by atoms with Crippen LogP contribution in [0.25, 0.3) is 11.1 Å². The first-order chi connectivity index (χ1) is 15.6. The number of aryl methyl sites for hydroxylation is 1. The van der Waals surface area contributed by atoms with Crippen LogP contribution in [0.2, 0.25) is 0 Å². The lowest BCUT2D eigenvalue weighted by atomic mass is 9.93. The Kier molecular flexibility index (Phi) is 7.24. The summed E-state index contributed by atoms with van der Waals surface area (Å²) in [5.74, 6) is -1.23. The number of nitrogen functional groups attached to an aromatic ring is 1. The van der Waals surface area contributed by atoms with Crippen molar-refractivity contribution < 1.29 is 22.2 Å². The van der Waals surface area contributed by atoms with Gasteiger partial charge in [0, 0.05) is 16.8 Å². The minimum absolute atomic E-state index is 0.0600. The highest BCUT2D eigenvalue weighted by Crippen LogP contribution is 2.29. The number of amidine groups is 1. The quantitative estimate of drug-likeness (QED) is 0.265. The molecule has 0 saturated carbocycles. The van der Waals surface area contributed by atoms with Gasteiger partial charge in [0.1, 0.15) is 5.84 Å². The van der Waals surface area contributed by atoms with Gasteiger partial charge in [0.2, 0.25) is 0 Å². The summed E-state index contributed by atoms with van der Waals surface area (Å²) in [7, 11) is -3.87. The average Bonchev–Trinajstić information content (AvgIpc) is 2.77. The van der Waals surface area contributed by atoms with E-state index in [0.717, 1.165) is 17.4 Å². The molecule has 0 atom stereocenters. The zero-order valence-electron chi connectivity index (χ0n) is 17.9. The van der Waals surface area contributed by atoms with E-state index in [1.807, 2.05) is 24.3 Å². The second-order valence-electron chi connectivity index (χ2n) is 7.31. The van der Waals surface area contributed by atoms with Gasteiger partial charge in [0.05, 0.1) is 12.7 Å². The molecular formula is C24H23N3O5S. The van der Waals surface area contributed by atoms with E-state index in [4.69, 9.17) is 11.1 Å². The van der Waals surface area contributed by atoms with E-state index >= 15 is 0 Å². The number of nitrogens with one attached hydrogen (secondary N) is 2. The SMILES string of the molecule is CS(=O)(=O)OC(=O)CCc1ccccc1-c1ccccc1C(=O)Nc1ccc(C(=N)N)cc1. The minimum atomic E-state index is -3.87. The molecule has 9 heteroatoms. The van der Waals surface area contributed by atoms with Gasteiger partial charge < -0.3 is 15.2 Å². The second-order valence-corrected chi connectivity index (χ2v) is 8.88. The molecule has 8 nitrogen and oxygen atoms in total. The van der Waals surface area contributed by atoms with Gasteiger partial charge in [-0.2, -0.15) is 8.42 Å². The highest BCUT2D eigenvalue weighted by atomic mass is 32.2. The van der Waals surface area contributed by atoms with Gasteiger partial charge in [0.15, 0.2) is 0 Å². The predicted octanol–water partition coefficient (Wildman–Crippen LogP) is 3.33. The van der Waals surface area contributed by atoms with E-state index in [2.05, 4.69) is 9.50 Å². The summed E-state index contributed by atoms with van der Waals surface area (Å²) >= 11 is 0. The van der Waals surface area contributed by atoms with E-state index in [9.17, 15) is 18.0 Å². The van der Waals surface area contributed by atoms with Crippen molar-refractivity contribution in [1.82, 2.24) is 0 Å². The highest BCUT2D eigenvalue weighted by molar-refractivity contribution is 7.86. The molecule has 0 radical (unpaired) electrons. The third-order valence-electron chi connectivity index (χ3n) is 4.78. The van der Waals surface area contributed by atoms with Crippen LogP contribution in [0, 0.1) is 5.41 Å². The Morgan fingerprint density at radius 2 is 1.55 bits per heavy atom. The number of rotatable bonds is 8. The molecule has 0 bridgehead atoms. The van der Waals surface area contributed by atoms with Gasteiger partial charge in [-0.25, -0.2) is 0 Å². The molecule has 170 valence electrons. The number of carbonyl (C=O) groups excluding carboxylic acids is 2. The molecular weight excluding hydrogens is 442 g/mol. The number of hydrogen-bond donors (Lipinski definition) is 3. The lowest BCUT2D eigenvalue weighted by Crippen LogP contribution is -2.14. The Labute approximate surface area is 192 Å². The van der Waals surface area contributed by atoms with Crippen molar-refractivity contribution in [1.29, 1.82) is 5.41 Å². The van der Waals surface area contributed by atoms with Crippen LogP contribution >= 0.6 is 0 Å². The van der Waals surface area contributed by atoms with Gasteiger partial charge >= 0.3 is 16.1 Å². The minimum Gasteiger partial charge on any atom is -0.384 e. The number of carbonyl (C=O) groups is 2. The summed E-state index contributed by atoms with van der Waals surface area (Å²) in [6.07, 6.45) is 0.940. The van der Waals surface area contributed by atoms with Crippen molar-refractivity contribution in [2.75, 3.05) is 11.6 Å². The molecule has 1 amide bonds. The standard InChI is InChI=1S/C24H23N3O5S/c1-33(30,31)32-22(28)15-12-16-6-2-3-7-19(16)20-8-4-5-9-21(20)24(29)27-18-13-10-17(11-14-18)23(25)26/h2-11,13-14H,12,15H2,1H3,(H3,25,26)(H,27,29). The fourth-order valence-electron chi connectivity index (χ4n) is 3.30. The maximum atomic E-state index is 13.0. The first-order valence-corrected chi connectivity index (χ1v) is 11.8. The van der Waals surface area contributed by atoms with Crippen LogP contribution in [0.15, 0.2) is 72.8 Å². The monoisotopic (exact) mass is 465 g/mol. The van der Waals surface area contributed by atoms with Gasteiger partial charge in [0.25, 0.3) is 5.91 Å². The van der Waals surface area contributed by atoms with E-state index in [0.29, 0.717) is 22.4 Å². The molecule has 0 saturated heterocycles. The van der Waals surface area contributed by atoms with Crippen molar-refractivity contribution in [2.24, 2.45) is 5.73 Å². The van der Waals surface area contributed by atoms with Gasteiger partial charge in [-0.1, -0.05) is 42.5 Å². The van der Waals surface area contributed by atoms with Crippen molar-refractivity contribution in [3.8, 4) is 11.1 Å². The van der Waals surface area contributed by atoms with Gasteiger partial charge in [-0.3, -0.25) is 15.0 Å². The fraction of sp³-hybridized carbons (Fsp3) is 0.125. The Hall–Kier alpha value is -3.98. The van der Waals surface area contributed by atoms with Crippen molar-refractivity contribution in [3.63, 3.8) is 0 Å². The highest BCUT2D eigenvalue weighted by Gasteiger charge is 2.17. The van der Waals surface area contributed by atoms with E-state index in [1.54, 1.807) is 48.5 Å². The third-order valence-corrected chi connectivity index (χ3v) is 5.26. The molecule has 0 aliphatic carbocycles. The van der Waals surface area contributed by atoms with Crippen LogP contribution < -0.4 is 11.1 Å². The van der Waals surface area contributed by atoms with Crippen LogP contribution in [-0.2, 0) is 25.5 Å².